The summed E-state index contributed by atoms with van der Waals surface area (Å²) in [6, 6.07) is 8.96. The minimum absolute atomic E-state index is 0.412. The fourth-order valence-electron chi connectivity index (χ4n) is 1.96. The second-order valence-corrected chi connectivity index (χ2v) is 6.87. The van der Waals surface area contributed by atoms with E-state index in [2.05, 4.69) is 6.58 Å². The summed E-state index contributed by atoms with van der Waals surface area (Å²) in [5, 5.41) is 7.20. The molecule has 6 heteroatoms. The molecule has 4 nitrogen and oxygen atoms in total. The molecule has 0 aromatic heterocycles. The number of hydrogen-bond donors (Lipinski definition) is 1. The number of benzene rings is 1. The van der Waals surface area contributed by atoms with Crippen LogP contribution in [0.2, 0.25) is 0 Å². The first-order valence-electron chi connectivity index (χ1n) is 5.32. The van der Waals surface area contributed by atoms with Crippen LogP contribution in [0.3, 0.4) is 0 Å². The summed E-state index contributed by atoms with van der Waals surface area (Å²) in [5.74, 6) is 0. The van der Waals surface area contributed by atoms with Crippen molar-refractivity contribution >= 4 is 21.8 Å². The lowest BCUT2D eigenvalue weighted by Crippen LogP contribution is -2.47. The highest BCUT2D eigenvalue weighted by atomic mass is 32.3. The van der Waals surface area contributed by atoms with Crippen LogP contribution in [0.25, 0.3) is 0 Å². The van der Waals surface area contributed by atoms with Gasteiger partial charge in [0.1, 0.15) is 0 Å². The van der Waals surface area contributed by atoms with Crippen molar-refractivity contribution in [1.29, 1.82) is 0 Å². The Labute approximate surface area is 111 Å². The summed E-state index contributed by atoms with van der Waals surface area (Å²) < 4.78 is 22.9. The Morgan fingerprint density at radius 2 is 2.06 bits per heavy atom. The molecule has 1 aromatic rings. The lowest BCUT2D eigenvalue weighted by atomic mass is 10.2. The van der Waals surface area contributed by atoms with E-state index in [0.717, 1.165) is 0 Å². The lowest BCUT2D eigenvalue weighted by molar-refractivity contribution is 0.353. The molecule has 0 spiro atoms. The van der Waals surface area contributed by atoms with Crippen LogP contribution >= 0.6 is 11.8 Å². The van der Waals surface area contributed by atoms with Crippen molar-refractivity contribution in [3.05, 3.63) is 60.2 Å². The molecule has 96 valence electrons. The normalized spacial score (nSPS) is 23.3. The van der Waals surface area contributed by atoms with Crippen LogP contribution in [0.5, 0.6) is 0 Å². The maximum absolute atomic E-state index is 12.1. The summed E-state index contributed by atoms with van der Waals surface area (Å²) in [6.07, 6.45) is 3.38. The van der Waals surface area contributed by atoms with Crippen LogP contribution in [0.4, 0.5) is 0 Å². The molecule has 18 heavy (non-hydrogen) atoms. The first kappa shape index (κ1) is 13.2. The van der Waals surface area contributed by atoms with Gasteiger partial charge in [-0.2, -0.15) is 0 Å². The van der Waals surface area contributed by atoms with Crippen LogP contribution < -0.4 is 5.14 Å². The van der Waals surface area contributed by atoms with Gasteiger partial charge in [-0.1, -0.05) is 48.2 Å². The zero-order valence-corrected chi connectivity index (χ0v) is 11.3. The standard InChI is InChI=1S/C12H14N2O2S2/c1-2-8-14-9-10-17-12(14,18(13,15)16)11-6-4-3-5-7-11/h2-7,9-10H,1,8H2,(H2,13,15,16). The number of nitrogens with zero attached hydrogens (tertiary/aromatic N) is 1. The first-order valence-corrected chi connectivity index (χ1v) is 7.75. The van der Waals surface area contributed by atoms with E-state index < -0.39 is 14.2 Å². The third-order valence-corrected chi connectivity index (χ3v) is 5.97. The molecule has 2 N–H and O–H groups in total. The number of rotatable bonds is 4. The highest BCUT2D eigenvalue weighted by Gasteiger charge is 2.50. The van der Waals surface area contributed by atoms with E-state index in [4.69, 9.17) is 5.14 Å². The molecular weight excluding hydrogens is 268 g/mol. The Bertz CT molecular complexity index is 569. The van der Waals surface area contributed by atoms with Gasteiger partial charge in [-0.05, 0) is 5.41 Å². The third kappa shape index (κ3) is 1.96. The van der Waals surface area contributed by atoms with Crippen molar-refractivity contribution in [2.75, 3.05) is 6.54 Å². The molecule has 1 heterocycles. The number of sulfonamides is 1. The topological polar surface area (TPSA) is 63.4 Å². The number of primary sulfonamides is 1. The minimum atomic E-state index is -3.81. The van der Waals surface area contributed by atoms with Gasteiger partial charge in [-0.15, -0.1) is 6.58 Å². The van der Waals surface area contributed by atoms with E-state index in [1.54, 1.807) is 46.8 Å². The molecule has 0 saturated heterocycles. The second kappa shape index (κ2) is 4.79. The van der Waals surface area contributed by atoms with Gasteiger partial charge in [0.05, 0.1) is 0 Å². The fourth-order valence-corrected chi connectivity index (χ4v) is 4.52. The van der Waals surface area contributed by atoms with Crippen molar-refractivity contribution in [2.24, 2.45) is 5.14 Å². The maximum Gasteiger partial charge on any atom is 0.248 e. The van der Waals surface area contributed by atoms with Gasteiger partial charge in [0.15, 0.2) is 0 Å². The molecule has 0 radical (unpaired) electrons. The molecule has 0 saturated carbocycles. The average molecular weight is 282 g/mol. The Kier molecular flexibility index (Phi) is 3.52. The van der Waals surface area contributed by atoms with Crippen molar-refractivity contribution in [1.82, 2.24) is 4.90 Å². The lowest BCUT2D eigenvalue weighted by Gasteiger charge is -2.36. The molecule has 0 aliphatic carbocycles. The van der Waals surface area contributed by atoms with Crippen LogP contribution in [0.1, 0.15) is 5.56 Å². The SMILES string of the molecule is C=CCN1C=CSC1(c1ccccc1)S(N)(=O)=O. The zero-order chi connectivity index (χ0) is 13.2. The monoisotopic (exact) mass is 282 g/mol. The predicted molar refractivity (Wildman–Crippen MR) is 74.9 cm³/mol. The number of nitrogens with two attached hydrogens (primary N) is 1. The fraction of sp³-hybridized carbons (Fsp3) is 0.167. The van der Waals surface area contributed by atoms with Gasteiger partial charge in [-0.25, -0.2) is 13.6 Å². The first-order chi connectivity index (χ1) is 8.52. The summed E-state index contributed by atoms with van der Waals surface area (Å²) in [4.78, 5) is 1.68. The van der Waals surface area contributed by atoms with Crippen LogP contribution in [0, 0.1) is 0 Å². The van der Waals surface area contributed by atoms with Crippen molar-refractivity contribution < 1.29 is 8.42 Å². The number of thioether (sulfide) groups is 1. The Hall–Kier alpha value is -1.24. The molecule has 1 aliphatic heterocycles. The minimum Gasteiger partial charge on any atom is -0.341 e. The van der Waals surface area contributed by atoms with Crippen molar-refractivity contribution in [3.63, 3.8) is 0 Å². The highest BCUT2D eigenvalue weighted by molar-refractivity contribution is 8.15. The van der Waals surface area contributed by atoms with Crippen LogP contribution in [0.15, 0.2) is 54.6 Å². The number of hydrogen-bond acceptors (Lipinski definition) is 4. The van der Waals surface area contributed by atoms with Gasteiger partial charge < -0.3 is 4.90 Å². The molecule has 1 atom stereocenters. The predicted octanol–water partition coefficient (Wildman–Crippen LogP) is 1.79. The molecule has 1 aromatic carbocycles. The molecule has 0 amide bonds. The van der Waals surface area contributed by atoms with Crippen molar-refractivity contribution in [2.45, 2.75) is 4.20 Å². The second-order valence-electron chi connectivity index (χ2n) is 3.84. The van der Waals surface area contributed by atoms with Gasteiger partial charge in [-0.3, -0.25) is 0 Å². The van der Waals surface area contributed by atoms with Crippen LogP contribution in [-0.4, -0.2) is 19.9 Å². The Morgan fingerprint density at radius 1 is 1.39 bits per heavy atom. The molecule has 0 bridgehead atoms. The quantitative estimate of drug-likeness (QED) is 0.855. The molecule has 2 rings (SSSR count). The summed E-state index contributed by atoms with van der Waals surface area (Å²) in [6.45, 7) is 4.06. The summed E-state index contributed by atoms with van der Waals surface area (Å²) in [5.41, 5.74) is 0.643. The smallest absolute Gasteiger partial charge is 0.248 e. The largest absolute Gasteiger partial charge is 0.341 e. The third-order valence-electron chi connectivity index (χ3n) is 2.70. The van der Waals surface area contributed by atoms with E-state index in [1.165, 1.54) is 11.8 Å². The molecule has 0 fully saturated rings. The average Bonchev–Trinajstić information content (AvgIpc) is 2.75. The van der Waals surface area contributed by atoms with Crippen LogP contribution in [-0.2, 0) is 14.2 Å². The van der Waals surface area contributed by atoms with Gasteiger partial charge in [0.25, 0.3) is 0 Å². The van der Waals surface area contributed by atoms with E-state index in [9.17, 15) is 8.42 Å². The Balaban J connectivity index is 2.60. The van der Waals surface area contributed by atoms with E-state index in [0.29, 0.717) is 12.1 Å². The van der Waals surface area contributed by atoms with E-state index in [1.807, 2.05) is 6.07 Å². The van der Waals surface area contributed by atoms with Gasteiger partial charge in [0, 0.05) is 18.3 Å². The Morgan fingerprint density at radius 3 is 2.61 bits per heavy atom. The van der Waals surface area contributed by atoms with Gasteiger partial charge >= 0.3 is 0 Å². The van der Waals surface area contributed by atoms with E-state index in [-0.39, 0.29) is 0 Å². The molecule has 1 aliphatic rings. The maximum atomic E-state index is 12.1. The van der Waals surface area contributed by atoms with E-state index >= 15 is 0 Å². The highest BCUT2D eigenvalue weighted by Crippen LogP contribution is 2.48. The van der Waals surface area contributed by atoms with Gasteiger partial charge in [0.2, 0.25) is 14.2 Å². The van der Waals surface area contributed by atoms with Crippen molar-refractivity contribution in [3.8, 4) is 0 Å². The summed E-state index contributed by atoms with van der Waals surface area (Å²) in [7, 11) is -3.81. The molecular formula is C12H14N2O2S2. The summed E-state index contributed by atoms with van der Waals surface area (Å²) >= 11 is 1.18. The zero-order valence-electron chi connectivity index (χ0n) is 9.69. The molecule has 1 unspecified atom stereocenters.